The van der Waals surface area contributed by atoms with Crippen LogP contribution in [0.25, 0.3) is 0 Å². The van der Waals surface area contributed by atoms with E-state index in [1.165, 1.54) is 0 Å². The average Bonchev–Trinajstić information content (AvgIpc) is 3.17. The Morgan fingerprint density at radius 2 is 2.17 bits per heavy atom. The maximum atomic E-state index is 12.6. The number of hydrogen-bond acceptors (Lipinski definition) is 3. The number of hydrogen-bond donors (Lipinski definition) is 1. The van der Waals surface area contributed by atoms with Gasteiger partial charge in [-0.15, -0.1) is 0 Å². The minimum Gasteiger partial charge on any atom is -0.467 e. The van der Waals surface area contributed by atoms with Gasteiger partial charge < -0.3 is 14.6 Å². The molecule has 1 fully saturated rings. The SMILES string of the molecule is Cc1ccc(C)c(N2CCC(C(=O)NCc3ccco3)C2=O)c1. The Bertz CT molecular complexity index is 722. The zero-order valence-electron chi connectivity index (χ0n) is 13.3. The highest BCUT2D eigenvalue weighted by molar-refractivity contribution is 6.09. The molecule has 3 rings (SSSR count). The number of rotatable bonds is 4. The summed E-state index contributed by atoms with van der Waals surface area (Å²) in [5, 5.41) is 2.78. The van der Waals surface area contributed by atoms with Crippen LogP contribution in [0.2, 0.25) is 0 Å². The van der Waals surface area contributed by atoms with Crippen LogP contribution >= 0.6 is 0 Å². The normalized spacial score (nSPS) is 17.6. The Hall–Kier alpha value is -2.56. The maximum absolute atomic E-state index is 12.6. The largest absolute Gasteiger partial charge is 0.467 e. The molecule has 2 heterocycles. The molecule has 1 atom stereocenters. The van der Waals surface area contributed by atoms with Crippen molar-refractivity contribution in [2.75, 3.05) is 11.4 Å². The summed E-state index contributed by atoms with van der Waals surface area (Å²) in [6, 6.07) is 9.58. The van der Waals surface area contributed by atoms with Crippen molar-refractivity contribution < 1.29 is 14.0 Å². The topological polar surface area (TPSA) is 62.6 Å². The van der Waals surface area contributed by atoms with Gasteiger partial charge in [0.15, 0.2) is 0 Å². The fourth-order valence-electron chi connectivity index (χ4n) is 2.88. The van der Waals surface area contributed by atoms with E-state index < -0.39 is 5.92 Å². The van der Waals surface area contributed by atoms with Gasteiger partial charge in [0.2, 0.25) is 11.8 Å². The highest BCUT2D eigenvalue weighted by atomic mass is 16.3. The van der Waals surface area contributed by atoms with Gasteiger partial charge in [-0.1, -0.05) is 12.1 Å². The maximum Gasteiger partial charge on any atom is 0.239 e. The highest BCUT2D eigenvalue weighted by Crippen LogP contribution is 2.29. The first-order valence-corrected chi connectivity index (χ1v) is 7.75. The van der Waals surface area contributed by atoms with Crippen LogP contribution in [0.1, 0.15) is 23.3 Å². The summed E-state index contributed by atoms with van der Waals surface area (Å²) in [7, 11) is 0. The van der Waals surface area contributed by atoms with E-state index in [0.717, 1.165) is 16.8 Å². The Morgan fingerprint density at radius 1 is 1.35 bits per heavy atom. The Kier molecular flexibility index (Phi) is 4.19. The summed E-state index contributed by atoms with van der Waals surface area (Å²) < 4.78 is 5.18. The third-order valence-electron chi connectivity index (χ3n) is 4.19. The van der Waals surface area contributed by atoms with E-state index in [1.54, 1.807) is 23.3 Å². The fourth-order valence-corrected chi connectivity index (χ4v) is 2.88. The van der Waals surface area contributed by atoms with E-state index in [1.807, 2.05) is 32.0 Å². The van der Waals surface area contributed by atoms with Crippen molar-refractivity contribution in [3.63, 3.8) is 0 Å². The summed E-state index contributed by atoms with van der Waals surface area (Å²) >= 11 is 0. The number of carbonyl (C=O) groups excluding carboxylic acids is 2. The monoisotopic (exact) mass is 312 g/mol. The molecule has 1 N–H and O–H groups in total. The highest BCUT2D eigenvalue weighted by Gasteiger charge is 2.37. The van der Waals surface area contributed by atoms with Crippen molar-refractivity contribution >= 4 is 17.5 Å². The smallest absolute Gasteiger partial charge is 0.239 e. The summed E-state index contributed by atoms with van der Waals surface area (Å²) in [5.41, 5.74) is 3.04. The first kappa shape index (κ1) is 15.3. The molecule has 0 radical (unpaired) electrons. The van der Waals surface area contributed by atoms with E-state index in [4.69, 9.17) is 4.42 Å². The molecule has 5 nitrogen and oxygen atoms in total. The Balaban J connectivity index is 1.68. The number of nitrogens with zero attached hydrogens (tertiary/aromatic N) is 1. The lowest BCUT2D eigenvalue weighted by molar-refractivity contribution is -0.132. The number of anilines is 1. The second-order valence-electron chi connectivity index (χ2n) is 5.92. The third-order valence-corrected chi connectivity index (χ3v) is 4.19. The molecule has 1 aromatic heterocycles. The van der Waals surface area contributed by atoms with Gasteiger partial charge in [-0.25, -0.2) is 0 Å². The second-order valence-corrected chi connectivity index (χ2v) is 5.92. The number of benzene rings is 1. The molecule has 120 valence electrons. The first-order valence-electron chi connectivity index (χ1n) is 7.75. The van der Waals surface area contributed by atoms with Gasteiger partial charge >= 0.3 is 0 Å². The zero-order valence-corrected chi connectivity index (χ0v) is 13.3. The molecule has 1 aromatic carbocycles. The standard InChI is InChI=1S/C18H20N2O3/c1-12-5-6-13(2)16(10-12)20-8-7-15(18(20)22)17(21)19-11-14-4-3-9-23-14/h3-6,9-10,15H,7-8,11H2,1-2H3,(H,19,21). The van der Waals surface area contributed by atoms with E-state index in [-0.39, 0.29) is 11.8 Å². The van der Waals surface area contributed by atoms with Crippen molar-refractivity contribution in [3.05, 3.63) is 53.5 Å². The number of aryl methyl sites for hydroxylation is 2. The van der Waals surface area contributed by atoms with E-state index in [9.17, 15) is 9.59 Å². The van der Waals surface area contributed by atoms with Crippen LogP contribution in [-0.4, -0.2) is 18.4 Å². The number of furan rings is 1. The number of nitrogens with one attached hydrogen (secondary N) is 1. The van der Waals surface area contributed by atoms with Crippen molar-refractivity contribution in [3.8, 4) is 0 Å². The molecule has 2 aromatic rings. The average molecular weight is 312 g/mol. The predicted octanol–water partition coefficient (Wildman–Crippen LogP) is 2.57. The van der Waals surface area contributed by atoms with Crippen LogP contribution < -0.4 is 10.2 Å². The van der Waals surface area contributed by atoms with Crippen molar-refractivity contribution in [1.29, 1.82) is 0 Å². The molecule has 23 heavy (non-hydrogen) atoms. The predicted molar refractivity (Wildman–Crippen MR) is 86.9 cm³/mol. The van der Waals surface area contributed by atoms with Crippen LogP contribution in [0.4, 0.5) is 5.69 Å². The van der Waals surface area contributed by atoms with E-state index >= 15 is 0 Å². The summed E-state index contributed by atoms with van der Waals surface area (Å²) in [6.07, 6.45) is 2.10. The second kappa shape index (κ2) is 6.28. The number of carbonyl (C=O) groups is 2. The Morgan fingerprint density at radius 3 is 2.91 bits per heavy atom. The lowest BCUT2D eigenvalue weighted by atomic mass is 10.1. The van der Waals surface area contributed by atoms with Crippen LogP contribution in [0.15, 0.2) is 41.0 Å². The third kappa shape index (κ3) is 3.13. The molecule has 1 saturated heterocycles. The van der Waals surface area contributed by atoms with Crippen LogP contribution in [0, 0.1) is 19.8 Å². The van der Waals surface area contributed by atoms with E-state index in [0.29, 0.717) is 25.3 Å². The van der Waals surface area contributed by atoms with Gasteiger partial charge in [0.1, 0.15) is 11.7 Å². The molecule has 2 amide bonds. The van der Waals surface area contributed by atoms with Crippen LogP contribution in [0.5, 0.6) is 0 Å². The molecular weight excluding hydrogens is 292 g/mol. The molecule has 1 aliphatic rings. The molecule has 0 spiro atoms. The minimum absolute atomic E-state index is 0.129. The molecule has 5 heteroatoms. The molecule has 0 saturated carbocycles. The van der Waals surface area contributed by atoms with Crippen LogP contribution in [0.3, 0.4) is 0 Å². The lowest BCUT2D eigenvalue weighted by Gasteiger charge is -2.19. The van der Waals surface area contributed by atoms with Crippen molar-refractivity contribution in [1.82, 2.24) is 5.32 Å². The summed E-state index contributed by atoms with van der Waals surface area (Å²) in [6.45, 7) is 4.85. The fraction of sp³-hybridized carbons (Fsp3) is 0.333. The number of amides is 2. The van der Waals surface area contributed by atoms with Crippen molar-refractivity contribution in [2.45, 2.75) is 26.8 Å². The summed E-state index contributed by atoms with van der Waals surface area (Å²) in [5.74, 6) is -0.310. The van der Waals surface area contributed by atoms with Gasteiger partial charge in [-0.2, -0.15) is 0 Å². The van der Waals surface area contributed by atoms with Gasteiger partial charge in [0.05, 0.1) is 12.8 Å². The van der Waals surface area contributed by atoms with Crippen LogP contribution in [-0.2, 0) is 16.1 Å². The first-order chi connectivity index (χ1) is 11.1. The molecular formula is C18H20N2O3. The minimum atomic E-state index is -0.620. The van der Waals surface area contributed by atoms with Gasteiger partial charge in [-0.05, 0) is 49.6 Å². The van der Waals surface area contributed by atoms with Gasteiger partial charge in [0, 0.05) is 12.2 Å². The quantitative estimate of drug-likeness (QED) is 0.883. The van der Waals surface area contributed by atoms with E-state index in [2.05, 4.69) is 5.32 Å². The molecule has 1 aliphatic heterocycles. The van der Waals surface area contributed by atoms with Crippen molar-refractivity contribution in [2.24, 2.45) is 5.92 Å². The molecule has 0 aliphatic carbocycles. The van der Waals surface area contributed by atoms with Gasteiger partial charge in [-0.3, -0.25) is 9.59 Å². The zero-order chi connectivity index (χ0) is 16.4. The molecule has 1 unspecified atom stereocenters. The summed E-state index contributed by atoms with van der Waals surface area (Å²) in [4.78, 5) is 26.6. The van der Waals surface area contributed by atoms with Gasteiger partial charge in [0.25, 0.3) is 0 Å². The lowest BCUT2D eigenvalue weighted by Crippen LogP contribution is -2.36. The molecule has 0 bridgehead atoms. The Labute approximate surface area is 135 Å².